The number of hydrogen-bond donors (Lipinski definition) is 2. The Bertz CT molecular complexity index is 418. The second-order valence-corrected chi connectivity index (χ2v) is 5.62. The number of benzene rings is 1. The van der Waals surface area contributed by atoms with E-state index in [4.69, 9.17) is 4.74 Å². The number of nitrogens with one attached hydrogen (secondary N) is 2. The molecule has 1 amide bonds. The Morgan fingerprint density at radius 2 is 2.06 bits per heavy atom. The van der Waals surface area contributed by atoms with Crippen LogP contribution in [0.5, 0.6) is 0 Å². The molecule has 0 unspecified atom stereocenters. The number of halogens is 2. The van der Waals surface area contributed by atoms with Crippen LogP contribution in [0.4, 0.5) is 14.9 Å². The van der Waals surface area contributed by atoms with Crippen molar-refractivity contribution < 1.29 is 13.9 Å². The fourth-order valence-corrected chi connectivity index (χ4v) is 1.47. The van der Waals surface area contributed by atoms with E-state index in [9.17, 15) is 9.18 Å². The van der Waals surface area contributed by atoms with Crippen molar-refractivity contribution in [2.45, 2.75) is 26.4 Å². The Morgan fingerprint density at radius 3 is 2.59 bits per heavy atom. The molecule has 1 aromatic rings. The molecule has 0 bridgehead atoms. The predicted molar refractivity (Wildman–Crippen MR) is 72.1 cm³/mol. The van der Waals surface area contributed by atoms with E-state index >= 15 is 0 Å². The zero-order valence-electron chi connectivity index (χ0n) is 9.80. The second kappa shape index (κ2) is 5.52. The monoisotopic (exact) mass is 352 g/mol. The normalized spacial score (nSPS) is 10.9. The summed E-state index contributed by atoms with van der Waals surface area (Å²) in [5.74, 6) is -0.437. The van der Waals surface area contributed by atoms with Crippen molar-refractivity contribution in [3.8, 4) is 0 Å². The van der Waals surface area contributed by atoms with Crippen LogP contribution >= 0.6 is 22.6 Å². The fraction of sp³-hybridized carbons (Fsp3) is 0.364. The number of hydrogen-bond acceptors (Lipinski definition) is 3. The minimum atomic E-state index is -0.657. The third-order valence-corrected chi connectivity index (χ3v) is 2.30. The predicted octanol–water partition coefficient (Wildman–Crippen LogP) is 3.28. The zero-order chi connectivity index (χ0) is 13.1. The number of carbonyl (C=O) groups excluding carboxylic acids is 1. The van der Waals surface area contributed by atoms with Crippen molar-refractivity contribution >= 4 is 34.4 Å². The summed E-state index contributed by atoms with van der Waals surface area (Å²) in [5, 5.41) is 0. The Morgan fingerprint density at radius 1 is 1.41 bits per heavy atom. The summed E-state index contributed by atoms with van der Waals surface area (Å²) >= 11 is 2.00. The van der Waals surface area contributed by atoms with Gasteiger partial charge in [0.15, 0.2) is 0 Å². The van der Waals surface area contributed by atoms with Gasteiger partial charge < -0.3 is 4.74 Å². The molecule has 0 atom stereocenters. The molecule has 0 aliphatic rings. The van der Waals surface area contributed by atoms with Gasteiger partial charge in [-0.2, -0.15) is 0 Å². The van der Waals surface area contributed by atoms with Gasteiger partial charge in [-0.3, -0.25) is 5.43 Å². The summed E-state index contributed by atoms with van der Waals surface area (Å²) in [7, 11) is 0. The van der Waals surface area contributed by atoms with Gasteiger partial charge in [-0.05, 0) is 61.6 Å². The molecule has 0 radical (unpaired) electrons. The first-order valence-electron chi connectivity index (χ1n) is 4.98. The van der Waals surface area contributed by atoms with Crippen molar-refractivity contribution in [1.82, 2.24) is 5.43 Å². The molecule has 17 heavy (non-hydrogen) atoms. The minimum absolute atomic E-state index is 0.191. The molecule has 0 aliphatic carbocycles. The summed E-state index contributed by atoms with van der Waals surface area (Å²) in [5.41, 5.74) is 4.33. The van der Waals surface area contributed by atoms with Crippen LogP contribution in [0.1, 0.15) is 20.8 Å². The maximum atomic E-state index is 13.4. The van der Waals surface area contributed by atoms with Crippen LogP contribution in [0.3, 0.4) is 0 Å². The third kappa shape index (κ3) is 5.20. The molecule has 6 heteroatoms. The summed E-state index contributed by atoms with van der Waals surface area (Å²) in [6.45, 7) is 5.24. The quantitative estimate of drug-likeness (QED) is 0.635. The average molecular weight is 352 g/mol. The molecule has 2 N–H and O–H groups in total. The lowest BCUT2D eigenvalue weighted by Gasteiger charge is -2.20. The highest BCUT2D eigenvalue weighted by Crippen LogP contribution is 2.16. The standard InChI is InChI=1S/C11H14FIN2O2/c1-11(2,3)17-10(16)15-14-9-5-4-7(13)6-8(9)12/h4-6,14H,1-3H3,(H,15,16). The number of amides is 1. The first-order chi connectivity index (χ1) is 7.78. The Labute approximate surface area is 113 Å². The molecule has 0 saturated carbocycles. The number of carbonyl (C=O) groups is 1. The average Bonchev–Trinajstić information content (AvgIpc) is 2.13. The van der Waals surface area contributed by atoms with Crippen LogP contribution in [0.15, 0.2) is 18.2 Å². The van der Waals surface area contributed by atoms with Crippen LogP contribution < -0.4 is 10.9 Å². The van der Waals surface area contributed by atoms with Gasteiger partial charge in [0.2, 0.25) is 0 Å². The molecule has 4 nitrogen and oxygen atoms in total. The Balaban J connectivity index is 2.53. The first-order valence-corrected chi connectivity index (χ1v) is 6.06. The van der Waals surface area contributed by atoms with Gasteiger partial charge in [-0.1, -0.05) is 0 Å². The van der Waals surface area contributed by atoms with E-state index in [1.165, 1.54) is 12.1 Å². The van der Waals surface area contributed by atoms with E-state index in [0.717, 1.165) is 3.57 Å². The Kier molecular flexibility index (Phi) is 4.55. The topological polar surface area (TPSA) is 50.4 Å². The van der Waals surface area contributed by atoms with E-state index in [0.29, 0.717) is 0 Å². The van der Waals surface area contributed by atoms with Crippen molar-refractivity contribution in [3.05, 3.63) is 27.6 Å². The highest BCUT2D eigenvalue weighted by Gasteiger charge is 2.16. The van der Waals surface area contributed by atoms with E-state index in [-0.39, 0.29) is 5.69 Å². The lowest BCUT2D eigenvalue weighted by atomic mass is 10.2. The van der Waals surface area contributed by atoms with Gasteiger partial charge >= 0.3 is 6.09 Å². The molecular weight excluding hydrogens is 338 g/mol. The van der Waals surface area contributed by atoms with E-state index in [1.54, 1.807) is 26.8 Å². The molecular formula is C11H14FIN2O2. The molecule has 0 spiro atoms. The molecule has 0 aliphatic heterocycles. The van der Waals surface area contributed by atoms with Gasteiger partial charge in [0, 0.05) is 3.57 Å². The maximum absolute atomic E-state index is 13.4. The maximum Gasteiger partial charge on any atom is 0.426 e. The molecule has 0 saturated heterocycles. The summed E-state index contributed by atoms with van der Waals surface area (Å²) in [4.78, 5) is 11.3. The van der Waals surface area contributed by atoms with Gasteiger partial charge in [-0.25, -0.2) is 14.6 Å². The smallest absolute Gasteiger partial charge is 0.426 e. The van der Waals surface area contributed by atoms with E-state index in [1.807, 2.05) is 22.6 Å². The lowest BCUT2D eigenvalue weighted by Crippen LogP contribution is -2.36. The van der Waals surface area contributed by atoms with Gasteiger partial charge in [0.05, 0.1) is 5.69 Å². The van der Waals surface area contributed by atoms with Crippen molar-refractivity contribution in [2.75, 3.05) is 5.43 Å². The summed E-state index contributed by atoms with van der Waals surface area (Å²) < 4.78 is 19.1. The number of hydrazine groups is 1. The van der Waals surface area contributed by atoms with Gasteiger partial charge in [-0.15, -0.1) is 0 Å². The number of ether oxygens (including phenoxy) is 1. The van der Waals surface area contributed by atoms with Crippen molar-refractivity contribution in [2.24, 2.45) is 0 Å². The van der Waals surface area contributed by atoms with Crippen LogP contribution in [-0.2, 0) is 4.74 Å². The summed E-state index contributed by atoms with van der Waals surface area (Å²) in [6.07, 6.45) is -0.657. The summed E-state index contributed by atoms with van der Waals surface area (Å²) in [6, 6.07) is 4.62. The van der Waals surface area contributed by atoms with Crippen LogP contribution in [0, 0.1) is 9.39 Å². The molecule has 0 heterocycles. The van der Waals surface area contributed by atoms with Crippen molar-refractivity contribution in [1.29, 1.82) is 0 Å². The van der Waals surface area contributed by atoms with E-state index in [2.05, 4.69) is 10.9 Å². The SMILES string of the molecule is CC(C)(C)OC(=O)NNc1ccc(I)cc1F. The lowest BCUT2D eigenvalue weighted by molar-refractivity contribution is 0.0541. The molecule has 94 valence electrons. The number of rotatable bonds is 2. The highest BCUT2D eigenvalue weighted by molar-refractivity contribution is 14.1. The third-order valence-electron chi connectivity index (χ3n) is 1.63. The first kappa shape index (κ1) is 14.0. The minimum Gasteiger partial charge on any atom is -0.443 e. The molecule has 1 aromatic carbocycles. The van der Waals surface area contributed by atoms with Crippen LogP contribution in [0.25, 0.3) is 0 Å². The molecule has 0 fully saturated rings. The van der Waals surface area contributed by atoms with E-state index < -0.39 is 17.5 Å². The zero-order valence-corrected chi connectivity index (χ0v) is 12.0. The van der Waals surface area contributed by atoms with Crippen LogP contribution in [-0.4, -0.2) is 11.7 Å². The van der Waals surface area contributed by atoms with Crippen LogP contribution in [0.2, 0.25) is 0 Å². The fourth-order valence-electron chi connectivity index (χ4n) is 1.01. The Hall–Kier alpha value is -1.05. The number of anilines is 1. The molecule has 1 rings (SSSR count). The van der Waals surface area contributed by atoms with Crippen molar-refractivity contribution in [3.63, 3.8) is 0 Å². The highest BCUT2D eigenvalue weighted by atomic mass is 127. The molecule has 0 aromatic heterocycles. The second-order valence-electron chi connectivity index (χ2n) is 4.38. The van der Waals surface area contributed by atoms with Gasteiger partial charge in [0.1, 0.15) is 11.4 Å². The van der Waals surface area contributed by atoms with Gasteiger partial charge in [0.25, 0.3) is 0 Å². The largest absolute Gasteiger partial charge is 0.443 e.